The maximum Gasteiger partial charge on any atom is 0.410 e. The predicted molar refractivity (Wildman–Crippen MR) is 111 cm³/mol. The van der Waals surface area contributed by atoms with Crippen LogP contribution < -0.4 is 16.0 Å². The number of amides is 3. The molecule has 10 heteroatoms. The molecule has 0 spiro atoms. The highest BCUT2D eigenvalue weighted by Crippen LogP contribution is 2.11. The molecule has 0 radical (unpaired) electrons. The first-order valence-electron chi connectivity index (χ1n) is 9.85. The van der Waals surface area contributed by atoms with Crippen molar-refractivity contribution >= 4 is 23.7 Å². The number of aromatic amines is 1. The SMILES string of the molecule is CCCNc1[nH]ncc1C(=O)NCCCNC(=O)[C@H](C)N(C)C(=O)OC(C)(C)C. The number of nitrogens with one attached hydrogen (secondary N) is 4. The minimum atomic E-state index is -0.669. The van der Waals surface area contributed by atoms with E-state index in [0.717, 1.165) is 13.0 Å². The Morgan fingerprint density at radius 2 is 1.86 bits per heavy atom. The van der Waals surface area contributed by atoms with Gasteiger partial charge < -0.3 is 20.7 Å². The summed E-state index contributed by atoms with van der Waals surface area (Å²) in [4.78, 5) is 37.7. The summed E-state index contributed by atoms with van der Waals surface area (Å²) < 4.78 is 5.26. The average molecular weight is 411 g/mol. The smallest absolute Gasteiger partial charge is 0.410 e. The molecule has 0 bridgehead atoms. The lowest BCUT2D eigenvalue weighted by atomic mass is 10.2. The van der Waals surface area contributed by atoms with Crippen LogP contribution in [0, 0.1) is 0 Å². The Hall–Kier alpha value is -2.78. The first-order chi connectivity index (χ1) is 13.6. The van der Waals surface area contributed by atoms with E-state index in [1.54, 1.807) is 27.7 Å². The molecule has 29 heavy (non-hydrogen) atoms. The summed E-state index contributed by atoms with van der Waals surface area (Å²) >= 11 is 0. The first-order valence-corrected chi connectivity index (χ1v) is 9.85. The van der Waals surface area contributed by atoms with Crippen LogP contribution >= 0.6 is 0 Å². The van der Waals surface area contributed by atoms with Gasteiger partial charge in [-0.1, -0.05) is 6.92 Å². The Kier molecular flexibility index (Phi) is 9.43. The fourth-order valence-electron chi connectivity index (χ4n) is 2.26. The van der Waals surface area contributed by atoms with Crippen LogP contribution in [0.25, 0.3) is 0 Å². The van der Waals surface area contributed by atoms with Gasteiger partial charge in [0.15, 0.2) is 0 Å². The molecule has 0 unspecified atom stereocenters. The van der Waals surface area contributed by atoms with Gasteiger partial charge in [-0.15, -0.1) is 0 Å². The van der Waals surface area contributed by atoms with E-state index in [1.165, 1.54) is 18.1 Å². The number of nitrogens with zero attached hydrogens (tertiary/aromatic N) is 2. The summed E-state index contributed by atoms with van der Waals surface area (Å²) in [6, 6.07) is -0.669. The van der Waals surface area contributed by atoms with Crippen LogP contribution in [0.2, 0.25) is 0 Å². The van der Waals surface area contributed by atoms with Crippen LogP contribution in [0.15, 0.2) is 6.20 Å². The van der Waals surface area contributed by atoms with Crippen LogP contribution in [0.5, 0.6) is 0 Å². The summed E-state index contributed by atoms with van der Waals surface area (Å²) in [5, 5.41) is 15.3. The van der Waals surface area contributed by atoms with Crippen molar-refractivity contribution in [2.75, 3.05) is 32.0 Å². The molecule has 1 aromatic rings. The normalized spacial score (nSPS) is 12.1. The number of ether oxygens (including phenoxy) is 1. The highest BCUT2D eigenvalue weighted by Gasteiger charge is 2.26. The molecule has 10 nitrogen and oxygen atoms in total. The molecular weight excluding hydrogens is 376 g/mol. The summed E-state index contributed by atoms with van der Waals surface area (Å²) in [6.45, 7) is 10.5. The minimum Gasteiger partial charge on any atom is -0.444 e. The summed E-state index contributed by atoms with van der Waals surface area (Å²) in [7, 11) is 1.52. The van der Waals surface area contributed by atoms with Crippen molar-refractivity contribution in [1.82, 2.24) is 25.7 Å². The molecule has 164 valence electrons. The minimum absolute atomic E-state index is 0.235. The molecule has 0 aliphatic rings. The molecular formula is C19H34N6O4. The zero-order valence-electron chi connectivity index (χ0n) is 18.2. The lowest BCUT2D eigenvalue weighted by Gasteiger charge is -2.28. The Labute approximate surface area is 172 Å². The number of carbonyl (C=O) groups is 3. The van der Waals surface area contributed by atoms with Crippen molar-refractivity contribution in [2.45, 2.75) is 59.1 Å². The van der Waals surface area contributed by atoms with E-state index >= 15 is 0 Å². The number of H-pyrrole nitrogens is 1. The van der Waals surface area contributed by atoms with Gasteiger partial charge in [-0.25, -0.2) is 4.79 Å². The van der Waals surface area contributed by atoms with E-state index in [1.807, 2.05) is 6.92 Å². The second-order valence-corrected chi connectivity index (χ2v) is 7.75. The molecule has 1 rings (SSSR count). The molecule has 1 heterocycles. The fraction of sp³-hybridized carbons (Fsp3) is 0.684. The second-order valence-electron chi connectivity index (χ2n) is 7.75. The third-order valence-corrected chi connectivity index (χ3v) is 4.02. The number of carbonyl (C=O) groups excluding carboxylic acids is 3. The highest BCUT2D eigenvalue weighted by atomic mass is 16.6. The van der Waals surface area contributed by atoms with Crippen molar-refractivity contribution in [3.63, 3.8) is 0 Å². The van der Waals surface area contributed by atoms with Crippen LogP contribution in [-0.2, 0) is 9.53 Å². The number of hydrogen-bond acceptors (Lipinski definition) is 6. The van der Waals surface area contributed by atoms with E-state index in [9.17, 15) is 14.4 Å². The fourth-order valence-corrected chi connectivity index (χ4v) is 2.26. The van der Waals surface area contributed by atoms with E-state index in [0.29, 0.717) is 30.9 Å². The molecule has 1 aromatic heterocycles. The third kappa shape index (κ3) is 8.41. The number of likely N-dealkylation sites (N-methyl/N-ethyl adjacent to an activating group) is 1. The maximum atomic E-state index is 12.2. The molecule has 1 atom stereocenters. The lowest BCUT2D eigenvalue weighted by molar-refractivity contribution is -0.125. The lowest BCUT2D eigenvalue weighted by Crippen LogP contribution is -2.47. The Morgan fingerprint density at radius 3 is 2.48 bits per heavy atom. The predicted octanol–water partition coefficient (Wildman–Crippen LogP) is 1.72. The number of rotatable bonds is 10. The number of anilines is 1. The first kappa shape index (κ1) is 24.3. The van der Waals surface area contributed by atoms with E-state index in [4.69, 9.17) is 4.74 Å². The van der Waals surface area contributed by atoms with Crippen molar-refractivity contribution in [2.24, 2.45) is 0 Å². The van der Waals surface area contributed by atoms with E-state index < -0.39 is 17.7 Å². The number of aromatic nitrogens is 2. The van der Waals surface area contributed by atoms with Crippen LogP contribution in [0.4, 0.5) is 10.6 Å². The van der Waals surface area contributed by atoms with Gasteiger partial charge in [0, 0.05) is 26.7 Å². The van der Waals surface area contributed by atoms with E-state index in [2.05, 4.69) is 26.1 Å². The van der Waals surface area contributed by atoms with E-state index in [-0.39, 0.29) is 11.8 Å². The molecule has 0 saturated heterocycles. The van der Waals surface area contributed by atoms with Crippen molar-refractivity contribution in [3.8, 4) is 0 Å². The van der Waals surface area contributed by atoms with Gasteiger partial charge in [0.2, 0.25) is 5.91 Å². The van der Waals surface area contributed by atoms with Gasteiger partial charge in [0.25, 0.3) is 5.91 Å². The standard InChI is InChI=1S/C19H34N6O4/c1-7-9-20-15-14(12-23-24-15)17(27)22-11-8-10-21-16(26)13(2)25(6)18(28)29-19(3,4)5/h12-13H,7-11H2,1-6H3,(H,21,26)(H,22,27)(H2,20,23,24)/t13-/m0/s1. The van der Waals surface area contributed by atoms with Crippen molar-refractivity contribution in [3.05, 3.63) is 11.8 Å². The zero-order valence-corrected chi connectivity index (χ0v) is 18.2. The van der Waals surface area contributed by atoms with Crippen molar-refractivity contribution in [1.29, 1.82) is 0 Å². The largest absolute Gasteiger partial charge is 0.444 e. The van der Waals surface area contributed by atoms with Gasteiger partial charge in [-0.3, -0.25) is 19.6 Å². The zero-order chi connectivity index (χ0) is 22.0. The van der Waals surface area contributed by atoms with Crippen LogP contribution in [0.3, 0.4) is 0 Å². The monoisotopic (exact) mass is 410 g/mol. The quantitative estimate of drug-likeness (QED) is 0.435. The van der Waals surface area contributed by atoms with Crippen LogP contribution in [-0.4, -0.2) is 71.3 Å². The summed E-state index contributed by atoms with van der Waals surface area (Å²) in [5.74, 6) is 0.0731. The molecule has 0 aliphatic heterocycles. The second kappa shape index (κ2) is 11.3. The topological polar surface area (TPSA) is 128 Å². The summed E-state index contributed by atoms with van der Waals surface area (Å²) in [5.41, 5.74) is -0.171. The van der Waals surface area contributed by atoms with Gasteiger partial charge in [-0.2, -0.15) is 5.10 Å². The molecule has 0 saturated carbocycles. The molecule has 0 aromatic carbocycles. The molecule has 0 aliphatic carbocycles. The Bertz CT molecular complexity index is 682. The van der Waals surface area contributed by atoms with Gasteiger partial charge in [0.1, 0.15) is 23.0 Å². The highest BCUT2D eigenvalue weighted by molar-refractivity contribution is 5.98. The van der Waals surface area contributed by atoms with Crippen molar-refractivity contribution < 1.29 is 19.1 Å². The molecule has 4 N–H and O–H groups in total. The van der Waals surface area contributed by atoms with Gasteiger partial charge in [0.05, 0.1) is 6.20 Å². The third-order valence-electron chi connectivity index (χ3n) is 4.02. The Morgan fingerprint density at radius 1 is 1.21 bits per heavy atom. The summed E-state index contributed by atoms with van der Waals surface area (Å²) in [6.07, 6.45) is 2.40. The van der Waals surface area contributed by atoms with Gasteiger partial charge in [-0.05, 0) is 40.5 Å². The Balaban J connectivity index is 2.33. The molecule has 3 amide bonds. The van der Waals surface area contributed by atoms with Gasteiger partial charge >= 0.3 is 6.09 Å². The van der Waals surface area contributed by atoms with Crippen LogP contribution in [0.1, 0.15) is 57.8 Å². The average Bonchev–Trinajstić information content (AvgIpc) is 3.11. The molecule has 0 fully saturated rings. The number of hydrogen-bond donors (Lipinski definition) is 4. The maximum absolute atomic E-state index is 12.2.